The van der Waals surface area contributed by atoms with Crippen molar-refractivity contribution in [3.8, 4) is 22.3 Å². The van der Waals surface area contributed by atoms with Crippen LogP contribution in [0.25, 0.3) is 38.8 Å². The van der Waals surface area contributed by atoms with Crippen molar-refractivity contribution in [2.45, 2.75) is 0 Å². The summed E-state index contributed by atoms with van der Waals surface area (Å²) in [5.41, 5.74) is 6.57. The molecule has 0 aliphatic heterocycles. The number of fused-ring (bicyclic) bond motifs is 2. The van der Waals surface area contributed by atoms with Crippen LogP contribution in [0, 0.1) is 0 Å². The fourth-order valence-electron chi connectivity index (χ4n) is 4.04. The Bertz CT molecular complexity index is 1630. The van der Waals surface area contributed by atoms with Gasteiger partial charge in [-0.25, -0.2) is 9.50 Å². The first-order valence-corrected chi connectivity index (χ1v) is 10.3. The minimum atomic E-state index is -0.244. The van der Waals surface area contributed by atoms with E-state index in [0.29, 0.717) is 16.8 Å². The van der Waals surface area contributed by atoms with Crippen molar-refractivity contribution >= 4 is 28.1 Å². The molecule has 6 heterocycles. The highest BCUT2D eigenvalue weighted by Crippen LogP contribution is 2.36. The van der Waals surface area contributed by atoms with Gasteiger partial charge in [0.05, 0.1) is 35.4 Å². The molecule has 0 saturated carbocycles. The summed E-state index contributed by atoms with van der Waals surface area (Å²) in [4.78, 5) is 24.7. The SMILES string of the molecule is Cn1cc(-c2ccnc3[nH]cc(-c4ccn5ncc(C(=O)Nc6cccnc6)c5c4)c23)cn1. The summed E-state index contributed by atoms with van der Waals surface area (Å²) in [6.07, 6.45) is 14.2. The molecule has 0 aliphatic rings. The highest BCUT2D eigenvalue weighted by atomic mass is 16.1. The number of anilines is 1. The van der Waals surface area contributed by atoms with Crippen LogP contribution < -0.4 is 5.32 Å². The van der Waals surface area contributed by atoms with Crippen LogP contribution in [0.2, 0.25) is 0 Å². The first kappa shape index (κ1) is 18.9. The number of aromatic amines is 1. The van der Waals surface area contributed by atoms with Crippen LogP contribution in [-0.2, 0) is 7.05 Å². The van der Waals surface area contributed by atoms with Gasteiger partial charge >= 0.3 is 0 Å². The molecule has 1 amide bonds. The fourth-order valence-corrected chi connectivity index (χ4v) is 4.04. The largest absolute Gasteiger partial charge is 0.345 e. The molecule has 0 aromatic carbocycles. The highest BCUT2D eigenvalue weighted by Gasteiger charge is 2.17. The van der Waals surface area contributed by atoms with Gasteiger partial charge < -0.3 is 10.3 Å². The Morgan fingerprint density at radius 2 is 1.97 bits per heavy atom. The fraction of sp³-hybridized carbons (Fsp3) is 0.0417. The number of H-pyrrole nitrogens is 1. The monoisotopic (exact) mass is 434 g/mol. The van der Waals surface area contributed by atoms with E-state index in [1.807, 2.05) is 50.0 Å². The van der Waals surface area contributed by atoms with Gasteiger partial charge in [0, 0.05) is 54.5 Å². The minimum Gasteiger partial charge on any atom is -0.345 e. The normalized spacial score (nSPS) is 11.3. The average Bonchev–Trinajstić information content (AvgIpc) is 3.57. The number of hydrogen-bond acceptors (Lipinski definition) is 5. The number of nitrogens with one attached hydrogen (secondary N) is 2. The quantitative estimate of drug-likeness (QED) is 0.437. The zero-order valence-corrected chi connectivity index (χ0v) is 17.6. The summed E-state index contributed by atoms with van der Waals surface area (Å²) in [6.45, 7) is 0. The molecule has 0 unspecified atom stereocenters. The Hall–Kier alpha value is -4.79. The van der Waals surface area contributed by atoms with E-state index in [2.05, 4.69) is 30.5 Å². The van der Waals surface area contributed by atoms with E-state index in [4.69, 9.17) is 0 Å². The second-order valence-corrected chi connectivity index (χ2v) is 7.69. The Balaban J connectivity index is 1.46. The number of amides is 1. The van der Waals surface area contributed by atoms with E-state index in [-0.39, 0.29) is 5.91 Å². The molecule has 6 aromatic rings. The lowest BCUT2D eigenvalue weighted by Gasteiger charge is -2.06. The van der Waals surface area contributed by atoms with Crippen LogP contribution in [-0.4, -0.2) is 40.3 Å². The van der Waals surface area contributed by atoms with Gasteiger partial charge in [0.15, 0.2) is 0 Å². The third kappa shape index (κ3) is 3.23. The first-order valence-electron chi connectivity index (χ1n) is 10.3. The first-order chi connectivity index (χ1) is 16.2. The van der Waals surface area contributed by atoms with Gasteiger partial charge in [-0.05, 0) is 41.5 Å². The maximum Gasteiger partial charge on any atom is 0.259 e. The van der Waals surface area contributed by atoms with Gasteiger partial charge in [0.1, 0.15) is 5.65 Å². The summed E-state index contributed by atoms with van der Waals surface area (Å²) < 4.78 is 3.47. The molecule has 6 aromatic heterocycles. The van der Waals surface area contributed by atoms with Crippen molar-refractivity contribution in [3.63, 3.8) is 0 Å². The topological polar surface area (TPSA) is 106 Å². The van der Waals surface area contributed by atoms with Crippen molar-refractivity contribution in [1.29, 1.82) is 0 Å². The molecular formula is C24H18N8O. The molecule has 0 aliphatic carbocycles. The van der Waals surface area contributed by atoms with Crippen LogP contribution >= 0.6 is 0 Å². The Morgan fingerprint density at radius 1 is 1.03 bits per heavy atom. The molecule has 0 atom stereocenters. The van der Waals surface area contributed by atoms with Gasteiger partial charge in [0.2, 0.25) is 0 Å². The number of carbonyl (C=O) groups excluding carboxylic acids is 1. The number of carbonyl (C=O) groups is 1. The van der Waals surface area contributed by atoms with Crippen LogP contribution in [0.3, 0.4) is 0 Å². The maximum absolute atomic E-state index is 12.9. The van der Waals surface area contributed by atoms with E-state index >= 15 is 0 Å². The zero-order valence-electron chi connectivity index (χ0n) is 17.6. The third-order valence-electron chi connectivity index (χ3n) is 5.59. The predicted octanol–water partition coefficient (Wildman–Crippen LogP) is 3.93. The maximum atomic E-state index is 12.9. The van der Waals surface area contributed by atoms with E-state index < -0.39 is 0 Å². The number of rotatable bonds is 4. The molecule has 160 valence electrons. The molecule has 6 rings (SSSR count). The molecule has 0 saturated heterocycles. The molecule has 9 heteroatoms. The molecular weight excluding hydrogens is 416 g/mol. The summed E-state index contributed by atoms with van der Waals surface area (Å²) in [5.74, 6) is -0.244. The van der Waals surface area contributed by atoms with Crippen molar-refractivity contribution in [2.24, 2.45) is 7.05 Å². The number of aromatic nitrogens is 7. The van der Waals surface area contributed by atoms with E-state index in [0.717, 1.165) is 33.3 Å². The molecule has 0 fully saturated rings. The van der Waals surface area contributed by atoms with Gasteiger partial charge in [-0.3, -0.25) is 14.5 Å². The lowest BCUT2D eigenvalue weighted by Crippen LogP contribution is -2.11. The predicted molar refractivity (Wildman–Crippen MR) is 125 cm³/mol. The van der Waals surface area contributed by atoms with Crippen molar-refractivity contribution in [2.75, 3.05) is 5.32 Å². The average molecular weight is 434 g/mol. The number of aryl methyl sites for hydroxylation is 1. The van der Waals surface area contributed by atoms with Crippen LogP contribution in [0.5, 0.6) is 0 Å². The van der Waals surface area contributed by atoms with Gasteiger partial charge in [-0.1, -0.05) is 0 Å². The number of nitrogens with zero attached hydrogens (tertiary/aromatic N) is 6. The Labute approximate surface area is 187 Å². The standard InChI is InChI=1S/C24H18N8O/c1-31-14-16(10-28-31)18-4-7-26-23-22(18)19(12-27-23)15-5-8-32-21(9-15)20(13-29-32)24(33)30-17-3-2-6-25-11-17/h2-14H,1H3,(H,26,27)(H,30,33). The van der Waals surface area contributed by atoms with Crippen LogP contribution in [0.4, 0.5) is 5.69 Å². The summed E-state index contributed by atoms with van der Waals surface area (Å²) in [6, 6.07) is 9.50. The van der Waals surface area contributed by atoms with E-state index in [9.17, 15) is 4.79 Å². The van der Waals surface area contributed by atoms with E-state index in [1.165, 1.54) is 0 Å². The molecule has 0 radical (unpaired) electrons. The molecule has 9 nitrogen and oxygen atoms in total. The lowest BCUT2D eigenvalue weighted by molar-refractivity contribution is 0.102. The van der Waals surface area contributed by atoms with Crippen LogP contribution in [0.1, 0.15) is 10.4 Å². The van der Waals surface area contributed by atoms with Crippen LogP contribution in [0.15, 0.2) is 79.9 Å². The van der Waals surface area contributed by atoms with Crippen molar-refractivity contribution in [1.82, 2.24) is 34.3 Å². The number of hydrogen-bond donors (Lipinski definition) is 2. The second kappa shape index (κ2) is 7.41. The lowest BCUT2D eigenvalue weighted by atomic mass is 10.00. The minimum absolute atomic E-state index is 0.244. The van der Waals surface area contributed by atoms with Crippen molar-refractivity contribution < 1.29 is 4.79 Å². The van der Waals surface area contributed by atoms with Gasteiger partial charge in [-0.2, -0.15) is 10.2 Å². The van der Waals surface area contributed by atoms with Crippen molar-refractivity contribution in [3.05, 3.63) is 85.5 Å². The Kier molecular flexibility index (Phi) is 4.25. The molecule has 33 heavy (non-hydrogen) atoms. The summed E-state index contributed by atoms with van der Waals surface area (Å²) >= 11 is 0. The molecule has 2 N–H and O–H groups in total. The molecule has 0 bridgehead atoms. The zero-order chi connectivity index (χ0) is 22.4. The van der Waals surface area contributed by atoms with E-state index in [1.54, 1.807) is 46.1 Å². The molecule has 0 spiro atoms. The highest BCUT2D eigenvalue weighted by molar-refractivity contribution is 6.09. The van der Waals surface area contributed by atoms with Gasteiger partial charge in [0.25, 0.3) is 5.91 Å². The smallest absolute Gasteiger partial charge is 0.259 e. The summed E-state index contributed by atoms with van der Waals surface area (Å²) in [5, 5.41) is 12.5. The Morgan fingerprint density at radius 3 is 2.79 bits per heavy atom. The third-order valence-corrected chi connectivity index (χ3v) is 5.59. The van der Waals surface area contributed by atoms with Gasteiger partial charge in [-0.15, -0.1) is 0 Å². The number of pyridine rings is 3. The summed E-state index contributed by atoms with van der Waals surface area (Å²) in [7, 11) is 1.89. The second-order valence-electron chi connectivity index (χ2n) is 7.69.